The average molecular weight is 270 g/mol. The van der Waals surface area contributed by atoms with Crippen LogP contribution in [-0.4, -0.2) is 10.1 Å². The van der Waals surface area contributed by atoms with E-state index in [1.165, 1.54) is 0 Å². The molecule has 5 nitrogen and oxygen atoms in total. The topological polar surface area (TPSA) is 81.5 Å². The second-order valence-corrected chi connectivity index (χ2v) is 4.43. The predicted molar refractivity (Wildman–Crippen MR) is 75.1 cm³/mol. The fourth-order valence-electron chi connectivity index (χ4n) is 1.89. The van der Waals surface area contributed by atoms with Crippen molar-refractivity contribution in [1.82, 2.24) is 4.98 Å². The van der Waals surface area contributed by atoms with Gasteiger partial charge in [-0.1, -0.05) is 12.1 Å². The Bertz CT molecular complexity index is 720. The van der Waals surface area contributed by atoms with Crippen LogP contribution < -0.4 is 10.5 Å². The summed E-state index contributed by atoms with van der Waals surface area (Å²) >= 11 is 0. The van der Waals surface area contributed by atoms with Crippen molar-refractivity contribution in [3.8, 4) is 5.75 Å². The number of ether oxygens (including phenoxy) is 1. The minimum Gasteiger partial charge on any atom is -0.484 e. The summed E-state index contributed by atoms with van der Waals surface area (Å²) in [5.41, 5.74) is 8.58. The lowest BCUT2D eigenvalue weighted by atomic mass is 10.2. The molecule has 0 saturated heterocycles. The molecule has 0 radical (unpaired) electrons. The van der Waals surface area contributed by atoms with Gasteiger partial charge >= 0.3 is 0 Å². The smallest absolute Gasteiger partial charge is 0.233 e. The zero-order chi connectivity index (χ0) is 13.9. The molecule has 0 spiro atoms. The molecule has 0 amide bonds. The number of nitrogens with zero attached hydrogens (tertiary/aromatic N) is 1. The quantitative estimate of drug-likeness (QED) is 0.712. The van der Waals surface area contributed by atoms with E-state index < -0.39 is 0 Å². The fourth-order valence-corrected chi connectivity index (χ4v) is 1.89. The standard InChI is InChI=1S/C15H14N2O3/c16-11-3-6-13-14(7-11)20-15(17-13)9-19-12-4-1-10(8-18)2-5-12/h1-7,18H,8-9,16H2. The van der Waals surface area contributed by atoms with E-state index in [4.69, 9.17) is 20.0 Å². The molecule has 2 aromatic carbocycles. The zero-order valence-corrected chi connectivity index (χ0v) is 10.7. The highest BCUT2D eigenvalue weighted by atomic mass is 16.5. The van der Waals surface area contributed by atoms with Crippen LogP contribution in [0.1, 0.15) is 11.5 Å². The number of aliphatic hydroxyl groups excluding tert-OH is 1. The summed E-state index contributed by atoms with van der Waals surface area (Å²) in [7, 11) is 0. The van der Waals surface area contributed by atoms with Gasteiger partial charge < -0.3 is 20.0 Å². The van der Waals surface area contributed by atoms with Crippen molar-refractivity contribution in [3.05, 3.63) is 53.9 Å². The molecule has 3 N–H and O–H groups in total. The number of fused-ring (bicyclic) bond motifs is 1. The first-order chi connectivity index (χ1) is 9.74. The van der Waals surface area contributed by atoms with Gasteiger partial charge in [-0.15, -0.1) is 0 Å². The number of aromatic nitrogens is 1. The molecule has 5 heteroatoms. The molecular weight excluding hydrogens is 256 g/mol. The molecule has 0 aliphatic heterocycles. The highest BCUT2D eigenvalue weighted by Gasteiger charge is 2.06. The van der Waals surface area contributed by atoms with E-state index in [9.17, 15) is 0 Å². The summed E-state index contributed by atoms with van der Waals surface area (Å²) in [6, 6.07) is 12.5. The molecule has 0 fully saturated rings. The van der Waals surface area contributed by atoms with E-state index in [2.05, 4.69) is 4.98 Å². The van der Waals surface area contributed by atoms with Gasteiger partial charge in [0.25, 0.3) is 0 Å². The minimum atomic E-state index is 0.0207. The highest BCUT2D eigenvalue weighted by Crippen LogP contribution is 2.20. The molecule has 1 heterocycles. The second kappa shape index (κ2) is 5.22. The number of benzene rings is 2. The van der Waals surface area contributed by atoms with Gasteiger partial charge in [-0.05, 0) is 29.8 Å². The van der Waals surface area contributed by atoms with E-state index in [1.807, 2.05) is 18.2 Å². The van der Waals surface area contributed by atoms with Crippen molar-refractivity contribution >= 4 is 16.8 Å². The van der Waals surface area contributed by atoms with E-state index >= 15 is 0 Å². The van der Waals surface area contributed by atoms with Crippen LogP contribution >= 0.6 is 0 Å². The number of hydrogen-bond donors (Lipinski definition) is 2. The van der Waals surface area contributed by atoms with Crippen LogP contribution in [0.4, 0.5) is 5.69 Å². The molecule has 0 aliphatic rings. The van der Waals surface area contributed by atoms with Gasteiger partial charge in [0.1, 0.15) is 11.3 Å². The Morgan fingerprint density at radius 3 is 2.70 bits per heavy atom. The molecule has 0 atom stereocenters. The van der Waals surface area contributed by atoms with Gasteiger partial charge in [0.2, 0.25) is 5.89 Å². The van der Waals surface area contributed by atoms with Crippen molar-refractivity contribution < 1.29 is 14.3 Å². The zero-order valence-electron chi connectivity index (χ0n) is 10.7. The Kier molecular flexibility index (Phi) is 3.26. The molecule has 3 aromatic rings. The Hall–Kier alpha value is -2.53. The van der Waals surface area contributed by atoms with Crippen LogP contribution in [0.25, 0.3) is 11.1 Å². The van der Waals surface area contributed by atoms with Crippen LogP contribution in [0.2, 0.25) is 0 Å². The molecule has 20 heavy (non-hydrogen) atoms. The third-order valence-corrected chi connectivity index (χ3v) is 2.93. The number of nitrogen functional groups attached to an aromatic ring is 1. The summed E-state index contributed by atoms with van der Waals surface area (Å²) in [5.74, 6) is 1.20. The van der Waals surface area contributed by atoms with Crippen LogP contribution in [0.3, 0.4) is 0 Å². The summed E-state index contributed by atoms with van der Waals surface area (Å²) in [4.78, 5) is 4.32. The Labute approximate surface area is 115 Å². The molecule has 0 aliphatic carbocycles. The highest BCUT2D eigenvalue weighted by molar-refractivity contribution is 5.76. The SMILES string of the molecule is Nc1ccc2nc(COc3ccc(CO)cc3)oc2c1. The normalized spacial score (nSPS) is 10.8. The van der Waals surface area contributed by atoms with Crippen molar-refractivity contribution in [2.45, 2.75) is 13.2 Å². The Morgan fingerprint density at radius 1 is 1.15 bits per heavy atom. The van der Waals surface area contributed by atoms with E-state index in [0.717, 1.165) is 11.1 Å². The molecule has 0 unspecified atom stereocenters. The van der Waals surface area contributed by atoms with Crippen LogP contribution in [0.15, 0.2) is 46.9 Å². The molecule has 0 saturated carbocycles. The van der Waals surface area contributed by atoms with Crippen LogP contribution in [-0.2, 0) is 13.2 Å². The van der Waals surface area contributed by atoms with Crippen LogP contribution in [0, 0.1) is 0 Å². The van der Waals surface area contributed by atoms with Gasteiger partial charge in [-0.25, -0.2) is 4.98 Å². The van der Waals surface area contributed by atoms with Gasteiger partial charge in [0.05, 0.1) is 6.61 Å². The Balaban J connectivity index is 1.72. The number of aliphatic hydroxyl groups is 1. The van der Waals surface area contributed by atoms with Gasteiger partial charge in [0, 0.05) is 11.8 Å². The first kappa shape index (κ1) is 12.5. The fraction of sp³-hybridized carbons (Fsp3) is 0.133. The van der Waals surface area contributed by atoms with Gasteiger partial charge in [-0.3, -0.25) is 0 Å². The number of hydrogen-bond acceptors (Lipinski definition) is 5. The lowest BCUT2D eigenvalue weighted by molar-refractivity contribution is 0.265. The summed E-state index contributed by atoms with van der Waals surface area (Å²) < 4.78 is 11.1. The number of nitrogens with two attached hydrogens (primary N) is 1. The lowest BCUT2D eigenvalue weighted by Crippen LogP contribution is -1.95. The maximum Gasteiger partial charge on any atom is 0.233 e. The average Bonchev–Trinajstić information content (AvgIpc) is 2.87. The largest absolute Gasteiger partial charge is 0.484 e. The second-order valence-electron chi connectivity index (χ2n) is 4.43. The summed E-state index contributed by atoms with van der Waals surface area (Å²) in [5, 5.41) is 8.96. The molecular formula is C15H14N2O3. The van der Waals surface area contributed by atoms with Gasteiger partial charge in [-0.2, -0.15) is 0 Å². The number of anilines is 1. The maximum absolute atomic E-state index is 8.96. The van der Waals surface area contributed by atoms with Crippen molar-refractivity contribution in [3.63, 3.8) is 0 Å². The van der Waals surface area contributed by atoms with E-state index in [-0.39, 0.29) is 13.2 Å². The third kappa shape index (κ3) is 2.57. The lowest BCUT2D eigenvalue weighted by Gasteiger charge is -2.03. The van der Waals surface area contributed by atoms with Crippen molar-refractivity contribution in [1.29, 1.82) is 0 Å². The van der Waals surface area contributed by atoms with Gasteiger partial charge in [0.15, 0.2) is 12.2 Å². The molecule has 3 rings (SSSR count). The van der Waals surface area contributed by atoms with Crippen LogP contribution in [0.5, 0.6) is 5.75 Å². The van der Waals surface area contributed by atoms with E-state index in [0.29, 0.717) is 22.9 Å². The minimum absolute atomic E-state index is 0.0207. The predicted octanol–water partition coefficient (Wildman–Crippen LogP) is 2.48. The van der Waals surface area contributed by atoms with Crippen molar-refractivity contribution in [2.75, 3.05) is 5.73 Å². The first-order valence-corrected chi connectivity index (χ1v) is 6.22. The Morgan fingerprint density at radius 2 is 1.95 bits per heavy atom. The third-order valence-electron chi connectivity index (χ3n) is 2.93. The molecule has 102 valence electrons. The first-order valence-electron chi connectivity index (χ1n) is 6.22. The number of oxazole rings is 1. The molecule has 1 aromatic heterocycles. The summed E-state index contributed by atoms with van der Waals surface area (Å²) in [6.07, 6.45) is 0. The van der Waals surface area contributed by atoms with Crippen molar-refractivity contribution in [2.24, 2.45) is 0 Å². The maximum atomic E-state index is 8.96. The summed E-state index contributed by atoms with van der Waals surface area (Å²) in [6.45, 7) is 0.264. The van der Waals surface area contributed by atoms with E-state index in [1.54, 1.807) is 24.3 Å². The monoisotopic (exact) mass is 270 g/mol. The number of rotatable bonds is 4. The molecule has 0 bridgehead atoms.